The van der Waals surface area contributed by atoms with Crippen molar-refractivity contribution in [2.45, 2.75) is 0 Å². The maximum atomic E-state index is 5.98. The average Bonchev–Trinajstić information content (AvgIpc) is 2.86. The van der Waals surface area contributed by atoms with Crippen molar-refractivity contribution >= 4 is 17.1 Å². The van der Waals surface area contributed by atoms with Gasteiger partial charge in [-0.05, 0) is 6.07 Å². The van der Waals surface area contributed by atoms with E-state index in [1.54, 1.807) is 15.4 Å². The van der Waals surface area contributed by atoms with Gasteiger partial charge in [-0.1, -0.05) is 17.7 Å². The van der Waals surface area contributed by atoms with Gasteiger partial charge < -0.3 is 0 Å². The van der Waals surface area contributed by atoms with E-state index in [0.717, 1.165) is 16.6 Å². The third-order valence-corrected chi connectivity index (χ3v) is 2.80. The third-order valence-electron chi connectivity index (χ3n) is 2.51. The lowest BCUT2D eigenvalue weighted by atomic mass is 10.1. The molecule has 0 spiro atoms. The van der Waals surface area contributed by atoms with Crippen molar-refractivity contribution in [1.29, 1.82) is 0 Å². The molecule has 0 radical (unpaired) electrons. The molecular formula is C11H9ClN4. The van der Waals surface area contributed by atoms with E-state index in [1.807, 2.05) is 37.8 Å². The molecule has 0 amide bonds. The lowest BCUT2D eigenvalue weighted by molar-refractivity contribution is 0.768. The molecule has 16 heavy (non-hydrogen) atoms. The first-order chi connectivity index (χ1) is 7.74. The fourth-order valence-electron chi connectivity index (χ4n) is 1.69. The van der Waals surface area contributed by atoms with Crippen LogP contribution in [0.25, 0.3) is 16.6 Å². The fraction of sp³-hybridized carbons (Fsp3) is 0.0909. The normalized spacial score (nSPS) is 11.1. The number of aromatic nitrogens is 4. The predicted molar refractivity (Wildman–Crippen MR) is 62.4 cm³/mol. The average molecular weight is 233 g/mol. The summed E-state index contributed by atoms with van der Waals surface area (Å²) in [7, 11) is 1.90. The molecule has 0 saturated heterocycles. The minimum Gasteiger partial charge on any atom is -0.275 e. The highest BCUT2D eigenvalue weighted by molar-refractivity contribution is 6.33. The molecule has 0 aliphatic rings. The van der Waals surface area contributed by atoms with Gasteiger partial charge in [0.15, 0.2) is 0 Å². The van der Waals surface area contributed by atoms with E-state index in [2.05, 4.69) is 10.2 Å². The van der Waals surface area contributed by atoms with Crippen molar-refractivity contribution in [3.63, 3.8) is 0 Å². The first-order valence-corrected chi connectivity index (χ1v) is 5.24. The lowest BCUT2D eigenvalue weighted by Crippen LogP contribution is -1.87. The largest absolute Gasteiger partial charge is 0.275 e. The molecule has 3 aromatic rings. The zero-order valence-electron chi connectivity index (χ0n) is 8.63. The van der Waals surface area contributed by atoms with E-state index >= 15 is 0 Å². The van der Waals surface area contributed by atoms with Gasteiger partial charge in [0.2, 0.25) is 0 Å². The minimum absolute atomic E-state index is 0.665. The summed E-state index contributed by atoms with van der Waals surface area (Å²) in [6, 6.07) is 3.97. The number of fused-ring (bicyclic) bond motifs is 1. The summed E-state index contributed by atoms with van der Waals surface area (Å²) in [4.78, 5) is 0. The van der Waals surface area contributed by atoms with Crippen LogP contribution in [0.1, 0.15) is 0 Å². The van der Waals surface area contributed by atoms with Crippen LogP contribution in [0.15, 0.2) is 36.9 Å². The van der Waals surface area contributed by atoms with Crippen molar-refractivity contribution in [1.82, 2.24) is 19.4 Å². The standard InChI is InChI=1S/C11H9ClN4/c1-15-6-9(4-13-15)8-2-3-11-10(12)5-14-16(11)7-8/h2-7H,1H3. The molecule has 3 heterocycles. The topological polar surface area (TPSA) is 35.1 Å². The summed E-state index contributed by atoms with van der Waals surface area (Å²) in [5.74, 6) is 0. The maximum Gasteiger partial charge on any atom is 0.0864 e. The molecular weight excluding hydrogens is 224 g/mol. The second kappa shape index (κ2) is 3.35. The molecule has 80 valence electrons. The lowest BCUT2D eigenvalue weighted by Gasteiger charge is -1.98. The Labute approximate surface area is 97.1 Å². The van der Waals surface area contributed by atoms with E-state index in [0.29, 0.717) is 5.02 Å². The summed E-state index contributed by atoms with van der Waals surface area (Å²) in [5, 5.41) is 8.97. The summed E-state index contributed by atoms with van der Waals surface area (Å²) < 4.78 is 3.54. The van der Waals surface area contributed by atoms with E-state index in [9.17, 15) is 0 Å². The van der Waals surface area contributed by atoms with Crippen LogP contribution >= 0.6 is 11.6 Å². The monoisotopic (exact) mass is 232 g/mol. The van der Waals surface area contributed by atoms with Gasteiger partial charge >= 0.3 is 0 Å². The minimum atomic E-state index is 0.665. The molecule has 0 bridgehead atoms. The Morgan fingerprint density at radius 3 is 2.69 bits per heavy atom. The Kier molecular flexibility index (Phi) is 1.97. The molecule has 3 aromatic heterocycles. The first-order valence-electron chi connectivity index (χ1n) is 4.86. The number of halogens is 1. The van der Waals surface area contributed by atoms with Gasteiger partial charge in [-0.2, -0.15) is 10.2 Å². The van der Waals surface area contributed by atoms with Crippen molar-refractivity contribution in [2.75, 3.05) is 0 Å². The third kappa shape index (κ3) is 1.39. The maximum absolute atomic E-state index is 5.98. The van der Waals surface area contributed by atoms with Crippen LogP contribution in [0.2, 0.25) is 5.02 Å². The van der Waals surface area contributed by atoms with Crippen molar-refractivity contribution in [3.8, 4) is 11.1 Å². The Hall–Kier alpha value is -1.81. The molecule has 0 fully saturated rings. The van der Waals surface area contributed by atoms with Crippen LogP contribution in [0.5, 0.6) is 0 Å². The van der Waals surface area contributed by atoms with Crippen molar-refractivity contribution in [2.24, 2.45) is 7.05 Å². The van der Waals surface area contributed by atoms with Crippen LogP contribution < -0.4 is 0 Å². The van der Waals surface area contributed by atoms with Gasteiger partial charge in [0.1, 0.15) is 0 Å². The predicted octanol–water partition coefficient (Wildman–Crippen LogP) is 2.39. The number of hydrogen-bond donors (Lipinski definition) is 0. The number of rotatable bonds is 1. The Morgan fingerprint density at radius 2 is 1.94 bits per heavy atom. The molecule has 0 aromatic carbocycles. The molecule has 3 rings (SSSR count). The molecule has 0 atom stereocenters. The first kappa shape index (κ1) is 9.42. The van der Waals surface area contributed by atoms with Gasteiger partial charge in [-0.15, -0.1) is 0 Å². The zero-order chi connectivity index (χ0) is 11.1. The van der Waals surface area contributed by atoms with Gasteiger partial charge in [-0.3, -0.25) is 4.68 Å². The Bertz CT molecular complexity index is 653. The van der Waals surface area contributed by atoms with Gasteiger partial charge in [0, 0.05) is 30.6 Å². The summed E-state index contributed by atoms with van der Waals surface area (Å²) >= 11 is 5.98. The summed E-state index contributed by atoms with van der Waals surface area (Å²) in [6.07, 6.45) is 7.38. The van der Waals surface area contributed by atoms with Gasteiger partial charge in [0.25, 0.3) is 0 Å². The quantitative estimate of drug-likeness (QED) is 0.646. The van der Waals surface area contributed by atoms with E-state index < -0.39 is 0 Å². The van der Waals surface area contributed by atoms with Crippen molar-refractivity contribution in [3.05, 3.63) is 41.9 Å². The number of pyridine rings is 1. The van der Waals surface area contributed by atoms with Gasteiger partial charge in [0.05, 0.1) is 22.9 Å². The Balaban J connectivity index is 2.18. The molecule has 4 nitrogen and oxygen atoms in total. The fourth-order valence-corrected chi connectivity index (χ4v) is 1.89. The number of hydrogen-bond acceptors (Lipinski definition) is 2. The molecule has 0 unspecified atom stereocenters. The number of aryl methyl sites for hydroxylation is 1. The summed E-state index contributed by atoms with van der Waals surface area (Å²) in [6.45, 7) is 0. The highest BCUT2D eigenvalue weighted by Crippen LogP contribution is 2.22. The molecule has 0 N–H and O–H groups in total. The second-order valence-corrected chi connectivity index (χ2v) is 4.05. The smallest absolute Gasteiger partial charge is 0.0864 e. The van der Waals surface area contributed by atoms with Crippen LogP contribution in [-0.2, 0) is 7.05 Å². The van der Waals surface area contributed by atoms with E-state index in [-0.39, 0.29) is 0 Å². The zero-order valence-corrected chi connectivity index (χ0v) is 9.39. The van der Waals surface area contributed by atoms with Crippen LogP contribution in [0.3, 0.4) is 0 Å². The van der Waals surface area contributed by atoms with E-state index in [4.69, 9.17) is 11.6 Å². The second-order valence-electron chi connectivity index (χ2n) is 3.64. The van der Waals surface area contributed by atoms with Crippen LogP contribution in [-0.4, -0.2) is 19.4 Å². The van der Waals surface area contributed by atoms with Crippen LogP contribution in [0, 0.1) is 0 Å². The molecule has 0 aliphatic carbocycles. The summed E-state index contributed by atoms with van der Waals surface area (Å²) in [5.41, 5.74) is 3.05. The number of nitrogens with zero attached hydrogens (tertiary/aromatic N) is 4. The van der Waals surface area contributed by atoms with Crippen LogP contribution in [0.4, 0.5) is 0 Å². The SMILES string of the molecule is Cn1cc(-c2ccc3c(Cl)cnn3c2)cn1. The molecule has 5 heteroatoms. The molecule has 0 saturated carbocycles. The molecule has 0 aliphatic heterocycles. The Morgan fingerprint density at radius 1 is 1.06 bits per heavy atom. The highest BCUT2D eigenvalue weighted by Gasteiger charge is 2.04. The van der Waals surface area contributed by atoms with Crippen molar-refractivity contribution < 1.29 is 0 Å². The highest BCUT2D eigenvalue weighted by atomic mass is 35.5. The van der Waals surface area contributed by atoms with E-state index in [1.165, 1.54) is 0 Å². The van der Waals surface area contributed by atoms with Gasteiger partial charge in [-0.25, -0.2) is 4.52 Å².